The Morgan fingerprint density at radius 3 is 1.03 bits per heavy atom. The molecule has 0 aliphatic carbocycles. The summed E-state index contributed by atoms with van der Waals surface area (Å²) < 4.78 is 0. The van der Waals surface area contributed by atoms with Crippen molar-refractivity contribution in [2.75, 3.05) is 0 Å². The van der Waals surface area contributed by atoms with E-state index in [1.807, 2.05) is 6.92 Å². The van der Waals surface area contributed by atoms with Crippen molar-refractivity contribution in [3.8, 4) is 0 Å². The molecule has 0 aliphatic rings. The average molecular weight is 439 g/mol. The Bertz CT molecular complexity index is 468. The number of hydrogen-bond acceptors (Lipinski definition) is 2. The molecule has 0 amide bonds. The molecule has 4 heteroatoms. The Balaban J connectivity index is 0. The maximum absolute atomic E-state index is 10.6. The fraction of sp³-hybridized carbons (Fsp3) is 0.778. The number of carboxylic acid groups (broad SMARTS) is 2. The van der Waals surface area contributed by atoms with Crippen LogP contribution >= 0.6 is 0 Å². The lowest BCUT2D eigenvalue weighted by Gasteiger charge is -2.04. The van der Waals surface area contributed by atoms with Gasteiger partial charge in [-0.15, -0.1) is 0 Å². The summed E-state index contributed by atoms with van der Waals surface area (Å²) in [5.74, 6) is -1.72. The summed E-state index contributed by atoms with van der Waals surface area (Å²) in [5, 5.41) is 16.9. The van der Waals surface area contributed by atoms with Gasteiger partial charge in [0.1, 0.15) is 0 Å². The number of rotatable bonds is 21. The van der Waals surface area contributed by atoms with Gasteiger partial charge in [0.05, 0.1) is 0 Å². The van der Waals surface area contributed by atoms with Crippen LogP contribution < -0.4 is 0 Å². The van der Waals surface area contributed by atoms with Crippen molar-refractivity contribution in [3.63, 3.8) is 0 Å². The van der Waals surface area contributed by atoms with Crippen LogP contribution in [0.3, 0.4) is 0 Å². The second-order valence-corrected chi connectivity index (χ2v) is 8.62. The fourth-order valence-corrected chi connectivity index (χ4v) is 3.40. The SMILES string of the molecule is C=C(CCC)C(=O)O.C=C(CCCCCCCCCCCCCCCCCC)C(=O)O. The lowest BCUT2D eigenvalue weighted by atomic mass is 10.0. The van der Waals surface area contributed by atoms with Crippen LogP contribution in [0.5, 0.6) is 0 Å². The van der Waals surface area contributed by atoms with Gasteiger partial charge in [0.2, 0.25) is 0 Å². The Hall–Kier alpha value is -1.58. The molecule has 0 atom stereocenters. The maximum Gasteiger partial charge on any atom is 0.330 e. The second-order valence-electron chi connectivity index (χ2n) is 8.62. The van der Waals surface area contributed by atoms with E-state index in [1.165, 1.54) is 89.9 Å². The topological polar surface area (TPSA) is 74.6 Å². The minimum atomic E-state index is -0.883. The smallest absolute Gasteiger partial charge is 0.330 e. The summed E-state index contributed by atoms with van der Waals surface area (Å²) in [6, 6.07) is 0. The predicted molar refractivity (Wildman–Crippen MR) is 133 cm³/mol. The summed E-state index contributed by atoms with van der Waals surface area (Å²) >= 11 is 0. The molecule has 0 heterocycles. The van der Waals surface area contributed by atoms with E-state index >= 15 is 0 Å². The van der Waals surface area contributed by atoms with Crippen LogP contribution in [0.2, 0.25) is 0 Å². The zero-order valence-electron chi connectivity index (χ0n) is 20.6. The van der Waals surface area contributed by atoms with E-state index in [9.17, 15) is 9.59 Å². The summed E-state index contributed by atoms with van der Waals surface area (Å²) in [6.07, 6.45) is 23.6. The van der Waals surface area contributed by atoms with E-state index in [1.54, 1.807) is 0 Å². The number of aliphatic carboxylic acids is 2. The van der Waals surface area contributed by atoms with E-state index in [0.717, 1.165) is 19.3 Å². The van der Waals surface area contributed by atoms with Crippen molar-refractivity contribution in [2.45, 2.75) is 136 Å². The maximum atomic E-state index is 10.6. The van der Waals surface area contributed by atoms with Gasteiger partial charge in [0.15, 0.2) is 0 Å². The summed E-state index contributed by atoms with van der Waals surface area (Å²) in [7, 11) is 0. The first kappa shape index (κ1) is 31.6. The zero-order valence-corrected chi connectivity index (χ0v) is 20.6. The average Bonchev–Trinajstić information content (AvgIpc) is 2.73. The third kappa shape index (κ3) is 26.4. The monoisotopic (exact) mass is 438 g/mol. The van der Waals surface area contributed by atoms with Crippen molar-refractivity contribution in [2.24, 2.45) is 0 Å². The van der Waals surface area contributed by atoms with E-state index in [2.05, 4.69) is 20.1 Å². The Morgan fingerprint density at radius 2 is 0.774 bits per heavy atom. The quantitative estimate of drug-likeness (QED) is 0.139. The van der Waals surface area contributed by atoms with Gasteiger partial charge in [0, 0.05) is 11.1 Å². The highest BCUT2D eigenvalue weighted by Crippen LogP contribution is 2.14. The van der Waals surface area contributed by atoms with Gasteiger partial charge in [-0.3, -0.25) is 0 Å². The molecule has 0 unspecified atom stereocenters. The highest BCUT2D eigenvalue weighted by Gasteiger charge is 2.02. The van der Waals surface area contributed by atoms with Crippen LogP contribution in [0.15, 0.2) is 24.3 Å². The molecule has 0 rings (SSSR count). The molecule has 182 valence electrons. The molecule has 4 nitrogen and oxygen atoms in total. The lowest BCUT2D eigenvalue weighted by molar-refractivity contribution is -0.133. The molecule has 0 saturated heterocycles. The van der Waals surface area contributed by atoms with Crippen molar-refractivity contribution >= 4 is 11.9 Å². The van der Waals surface area contributed by atoms with Gasteiger partial charge in [0.25, 0.3) is 0 Å². The second kappa shape index (κ2) is 24.7. The third-order valence-corrected chi connectivity index (χ3v) is 5.49. The molecule has 0 fully saturated rings. The number of hydrogen-bond donors (Lipinski definition) is 2. The molecule has 0 aliphatic heterocycles. The molecule has 0 spiro atoms. The summed E-state index contributed by atoms with van der Waals surface area (Å²) in [4.78, 5) is 20.6. The summed E-state index contributed by atoms with van der Waals surface area (Å²) in [5.41, 5.74) is 0.655. The first-order valence-corrected chi connectivity index (χ1v) is 12.7. The van der Waals surface area contributed by atoms with Gasteiger partial charge in [-0.05, 0) is 19.3 Å². The van der Waals surface area contributed by atoms with Gasteiger partial charge in [-0.25, -0.2) is 9.59 Å². The fourth-order valence-electron chi connectivity index (χ4n) is 3.40. The molecule has 2 N–H and O–H groups in total. The van der Waals surface area contributed by atoms with Crippen LogP contribution in [-0.2, 0) is 9.59 Å². The molecule has 0 saturated carbocycles. The number of carboxylic acids is 2. The third-order valence-electron chi connectivity index (χ3n) is 5.49. The van der Waals surface area contributed by atoms with Crippen LogP contribution in [-0.4, -0.2) is 22.2 Å². The first-order valence-electron chi connectivity index (χ1n) is 12.7. The van der Waals surface area contributed by atoms with Crippen molar-refractivity contribution in [3.05, 3.63) is 24.3 Å². The normalized spacial score (nSPS) is 10.3. The molecule has 0 bridgehead atoms. The highest BCUT2D eigenvalue weighted by atomic mass is 16.4. The zero-order chi connectivity index (χ0) is 23.7. The molecular weight excluding hydrogens is 388 g/mol. The molecule has 0 radical (unpaired) electrons. The Labute approximate surface area is 192 Å². The highest BCUT2D eigenvalue weighted by molar-refractivity contribution is 5.85. The van der Waals surface area contributed by atoms with E-state index < -0.39 is 11.9 Å². The first-order chi connectivity index (χ1) is 14.9. The molecule has 0 aromatic heterocycles. The van der Waals surface area contributed by atoms with Gasteiger partial charge < -0.3 is 10.2 Å². The van der Waals surface area contributed by atoms with Crippen molar-refractivity contribution < 1.29 is 19.8 Å². The number of unbranched alkanes of at least 4 members (excludes halogenated alkanes) is 15. The van der Waals surface area contributed by atoms with Gasteiger partial charge >= 0.3 is 11.9 Å². The Morgan fingerprint density at radius 1 is 0.484 bits per heavy atom. The largest absolute Gasteiger partial charge is 0.478 e. The Kier molecular flexibility index (Phi) is 25.2. The van der Waals surface area contributed by atoms with E-state index in [0.29, 0.717) is 24.0 Å². The lowest BCUT2D eigenvalue weighted by Crippen LogP contribution is -1.98. The minimum absolute atomic E-state index is 0.299. The summed E-state index contributed by atoms with van der Waals surface area (Å²) in [6.45, 7) is 11.1. The van der Waals surface area contributed by atoms with E-state index in [4.69, 9.17) is 10.2 Å². The minimum Gasteiger partial charge on any atom is -0.478 e. The van der Waals surface area contributed by atoms with Crippen LogP contribution in [0.4, 0.5) is 0 Å². The van der Waals surface area contributed by atoms with Crippen molar-refractivity contribution in [1.29, 1.82) is 0 Å². The standard InChI is InChI=1S/C21H40O2.C6H10O2/c1-3-4-5-6-7-8-9-10-11-12-13-14-15-16-17-18-19-20(2)21(22)23;1-3-4-5(2)6(7)8/h2-19H2,1H3,(H,22,23);2-4H2,1H3,(H,7,8). The molecule has 31 heavy (non-hydrogen) atoms. The van der Waals surface area contributed by atoms with Gasteiger partial charge in [-0.2, -0.15) is 0 Å². The van der Waals surface area contributed by atoms with Crippen LogP contribution in [0.1, 0.15) is 136 Å². The number of carbonyl (C=O) groups is 2. The molecule has 0 aromatic rings. The van der Waals surface area contributed by atoms with Crippen LogP contribution in [0.25, 0.3) is 0 Å². The molecule has 0 aromatic carbocycles. The molecular formula is C27H50O4. The van der Waals surface area contributed by atoms with E-state index in [-0.39, 0.29) is 0 Å². The van der Waals surface area contributed by atoms with Gasteiger partial charge in [-0.1, -0.05) is 130 Å². The predicted octanol–water partition coefficient (Wildman–Crippen LogP) is 8.71. The van der Waals surface area contributed by atoms with Crippen LogP contribution in [0, 0.1) is 0 Å². The van der Waals surface area contributed by atoms with Crippen molar-refractivity contribution in [1.82, 2.24) is 0 Å².